The van der Waals surface area contributed by atoms with Crippen LogP contribution in [0.5, 0.6) is 5.75 Å². The second kappa shape index (κ2) is 6.45. The van der Waals surface area contributed by atoms with Gasteiger partial charge in [-0.2, -0.15) is 0 Å². The first-order valence-corrected chi connectivity index (χ1v) is 7.57. The number of Topliss-reactive ketones (excluding diaryl/α,β-unsaturated/α-hetero) is 1. The molecular weight excluding hydrogens is 331 g/mol. The third kappa shape index (κ3) is 2.67. The van der Waals surface area contributed by atoms with Crippen molar-refractivity contribution in [3.05, 3.63) is 75.7 Å². The monoisotopic (exact) mass is 344 g/mol. The molecule has 122 valence electrons. The van der Waals surface area contributed by atoms with E-state index < -0.39 is 5.82 Å². The van der Waals surface area contributed by atoms with Crippen LogP contribution in [0.1, 0.15) is 21.5 Å². The average Bonchev–Trinajstić information content (AvgIpc) is 2.71. The van der Waals surface area contributed by atoms with Crippen molar-refractivity contribution in [2.45, 2.75) is 0 Å². The first-order valence-electron chi connectivity index (χ1n) is 7.19. The number of nitrogens with two attached hydrogens (primary N) is 1. The van der Waals surface area contributed by atoms with Crippen LogP contribution in [-0.4, -0.2) is 25.1 Å². The quantitative estimate of drug-likeness (QED) is 0.849. The SMILES string of the molecule is COc1cccc(F)c1C1=NC/C(=C\N)C(=O)c2ccc(Cl)cc21. The number of ether oxygens (including phenoxy) is 1. The van der Waals surface area contributed by atoms with Crippen molar-refractivity contribution in [3.8, 4) is 5.75 Å². The third-order valence-corrected chi connectivity index (χ3v) is 4.05. The third-order valence-electron chi connectivity index (χ3n) is 3.81. The lowest BCUT2D eigenvalue weighted by atomic mass is 9.93. The molecule has 0 fully saturated rings. The Balaban J connectivity index is 2.33. The van der Waals surface area contributed by atoms with E-state index in [9.17, 15) is 9.18 Å². The van der Waals surface area contributed by atoms with E-state index >= 15 is 0 Å². The number of rotatable bonds is 2. The zero-order valence-corrected chi connectivity index (χ0v) is 13.6. The largest absolute Gasteiger partial charge is 0.496 e. The van der Waals surface area contributed by atoms with Gasteiger partial charge >= 0.3 is 0 Å². The molecule has 24 heavy (non-hydrogen) atoms. The van der Waals surface area contributed by atoms with Crippen LogP contribution >= 0.6 is 11.6 Å². The number of hydrogen-bond acceptors (Lipinski definition) is 4. The predicted octanol–water partition coefficient (Wildman–Crippen LogP) is 3.36. The van der Waals surface area contributed by atoms with Gasteiger partial charge in [0, 0.05) is 27.9 Å². The van der Waals surface area contributed by atoms with E-state index in [4.69, 9.17) is 22.1 Å². The van der Waals surface area contributed by atoms with Gasteiger partial charge in [-0.3, -0.25) is 9.79 Å². The minimum atomic E-state index is -0.494. The lowest BCUT2D eigenvalue weighted by Gasteiger charge is -2.13. The number of halogens is 2. The molecule has 1 heterocycles. The highest BCUT2D eigenvalue weighted by Gasteiger charge is 2.26. The fourth-order valence-electron chi connectivity index (χ4n) is 2.65. The van der Waals surface area contributed by atoms with Crippen LogP contribution in [0, 0.1) is 5.82 Å². The summed E-state index contributed by atoms with van der Waals surface area (Å²) in [7, 11) is 1.45. The van der Waals surface area contributed by atoms with Gasteiger partial charge in [0.05, 0.1) is 24.9 Å². The summed E-state index contributed by atoms with van der Waals surface area (Å²) in [6, 6.07) is 9.29. The summed E-state index contributed by atoms with van der Waals surface area (Å²) in [5.74, 6) is -0.419. The van der Waals surface area contributed by atoms with E-state index in [2.05, 4.69) is 4.99 Å². The van der Waals surface area contributed by atoms with Crippen LogP contribution < -0.4 is 10.5 Å². The van der Waals surface area contributed by atoms with E-state index in [1.807, 2.05) is 0 Å². The Morgan fingerprint density at radius 3 is 2.79 bits per heavy atom. The molecular formula is C18H14ClFN2O2. The average molecular weight is 345 g/mol. The second-order valence-electron chi connectivity index (χ2n) is 5.19. The zero-order chi connectivity index (χ0) is 17.3. The van der Waals surface area contributed by atoms with E-state index in [-0.39, 0.29) is 17.9 Å². The Bertz CT molecular complexity index is 891. The summed E-state index contributed by atoms with van der Waals surface area (Å²) >= 11 is 6.08. The van der Waals surface area contributed by atoms with Gasteiger partial charge in [0.1, 0.15) is 11.6 Å². The van der Waals surface area contributed by atoms with Crippen molar-refractivity contribution in [1.29, 1.82) is 0 Å². The fourth-order valence-corrected chi connectivity index (χ4v) is 2.82. The molecule has 2 N–H and O–H groups in total. The van der Waals surface area contributed by atoms with Crippen molar-refractivity contribution >= 4 is 23.1 Å². The van der Waals surface area contributed by atoms with E-state index in [1.165, 1.54) is 19.4 Å². The number of hydrogen-bond donors (Lipinski definition) is 1. The molecule has 1 aliphatic rings. The smallest absolute Gasteiger partial charge is 0.193 e. The van der Waals surface area contributed by atoms with E-state index in [1.54, 1.807) is 30.3 Å². The Morgan fingerprint density at radius 1 is 1.29 bits per heavy atom. The molecule has 0 amide bonds. The highest BCUT2D eigenvalue weighted by atomic mass is 35.5. The van der Waals surface area contributed by atoms with Gasteiger partial charge in [-0.05, 0) is 30.3 Å². The molecule has 2 aromatic carbocycles. The molecule has 0 bridgehead atoms. The van der Waals surface area contributed by atoms with Crippen LogP contribution in [0.3, 0.4) is 0 Å². The molecule has 0 unspecified atom stereocenters. The highest BCUT2D eigenvalue weighted by molar-refractivity contribution is 6.32. The fraction of sp³-hybridized carbons (Fsp3) is 0.111. The number of fused-ring (bicyclic) bond motifs is 1. The van der Waals surface area contributed by atoms with E-state index in [0.29, 0.717) is 33.2 Å². The number of carbonyl (C=O) groups excluding carboxylic acids is 1. The van der Waals surface area contributed by atoms with Gasteiger partial charge in [0.25, 0.3) is 0 Å². The Kier molecular flexibility index (Phi) is 4.36. The topological polar surface area (TPSA) is 64.7 Å². The number of nitrogens with zero attached hydrogens (tertiary/aromatic N) is 1. The van der Waals surface area contributed by atoms with Gasteiger partial charge in [0.2, 0.25) is 0 Å². The molecule has 0 aromatic heterocycles. The lowest BCUT2D eigenvalue weighted by molar-refractivity contribution is 0.103. The maximum Gasteiger partial charge on any atom is 0.193 e. The molecule has 0 spiro atoms. The van der Waals surface area contributed by atoms with E-state index in [0.717, 1.165) is 0 Å². The number of ketones is 1. The molecule has 3 rings (SSSR count). The Hall–Kier alpha value is -2.66. The molecule has 2 aromatic rings. The minimum Gasteiger partial charge on any atom is -0.496 e. The molecule has 0 saturated carbocycles. The van der Waals surface area contributed by atoms with Crippen molar-refractivity contribution < 1.29 is 13.9 Å². The lowest BCUT2D eigenvalue weighted by Crippen LogP contribution is -2.12. The molecule has 0 atom stereocenters. The van der Waals surface area contributed by atoms with Crippen molar-refractivity contribution in [3.63, 3.8) is 0 Å². The summed E-state index contributed by atoms with van der Waals surface area (Å²) in [4.78, 5) is 17.0. The molecule has 0 saturated heterocycles. The maximum atomic E-state index is 14.5. The van der Waals surface area contributed by atoms with Crippen LogP contribution in [0.4, 0.5) is 4.39 Å². The molecule has 6 heteroatoms. The Labute approximate surface area is 143 Å². The summed E-state index contributed by atoms with van der Waals surface area (Å²) in [6.45, 7) is 0.0501. The van der Waals surface area contributed by atoms with Crippen molar-refractivity contribution in [2.75, 3.05) is 13.7 Å². The highest BCUT2D eigenvalue weighted by Crippen LogP contribution is 2.30. The van der Waals surface area contributed by atoms with Gasteiger partial charge in [-0.1, -0.05) is 17.7 Å². The summed E-state index contributed by atoms with van der Waals surface area (Å²) < 4.78 is 19.8. The summed E-state index contributed by atoms with van der Waals surface area (Å²) in [6.07, 6.45) is 1.23. The first kappa shape index (κ1) is 16.2. The van der Waals surface area contributed by atoms with Gasteiger partial charge < -0.3 is 10.5 Å². The van der Waals surface area contributed by atoms with Crippen LogP contribution in [0.25, 0.3) is 0 Å². The normalized spacial score (nSPS) is 15.7. The number of carbonyl (C=O) groups is 1. The summed E-state index contributed by atoms with van der Waals surface area (Å²) in [5, 5.41) is 0.421. The van der Waals surface area contributed by atoms with Crippen LogP contribution in [-0.2, 0) is 0 Å². The minimum absolute atomic E-state index is 0.0501. The Morgan fingerprint density at radius 2 is 2.08 bits per heavy atom. The van der Waals surface area contributed by atoms with Crippen molar-refractivity contribution in [1.82, 2.24) is 0 Å². The molecule has 0 aliphatic carbocycles. The van der Waals surface area contributed by atoms with Gasteiger partial charge in [-0.15, -0.1) is 0 Å². The predicted molar refractivity (Wildman–Crippen MR) is 91.5 cm³/mol. The standard InChI is InChI=1S/C18H14ClFN2O2/c1-24-15-4-2-3-14(20)16(15)17-13-7-11(19)5-6-12(13)18(23)10(8-21)9-22-17/h2-8H,9,21H2,1H3/b10-8+. The first-order chi connectivity index (χ1) is 11.6. The van der Waals surface area contributed by atoms with Crippen molar-refractivity contribution in [2.24, 2.45) is 10.7 Å². The number of aliphatic imine (C=N–C) groups is 1. The van der Waals surface area contributed by atoms with Crippen LogP contribution in [0.15, 0.2) is 53.2 Å². The maximum absolute atomic E-state index is 14.5. The van der Waals surface area contributed by atoms with Gasteiger partial charge in [-0.25, -0.2) is 4.39 Å². The molecule has 0 radical (unpaired) electrons. The number of benzene rings is 2. The zero-order valence-electron chi connectivity index (χ0n) is 12.8. The second-order valence-corrected chi connectivity index (χ2v) is 5.63. The van der Waals surface area contributed by atoms with Gasteiger partial charge in [0.15, 0.2) is 5.78 Å². The number of methoxy groups -OCH3 is 1. The summed E-state index contributed by atoms with van der Waals surface area (Å²) in [5.41, 5.74) is 7.21. The van der Waals surface area contributed by atoms with Crippen LogP contribution in [0.2, 0.25) is 5.02 Å². The molecule has 4 nitrogen and oxygen atoms in total. The molecule has 1 aliphatic heterocycles.